The van der Waals surface area contributed by atoms with Gasteiger partial charge < -0.3 is 0 Å². The topological polar surface area (TPSA) is 43.1 Å². The quantitative estimate of drug-likeness (QED) is 0.459. The van der Waals surface area contributed by atoms with E-state index in [1.165, 1.54) is 0 Å². The van der Waals surface area contributed by atoms with E-state index in [1.807, 2.05) is 0 Å². The Kier molecular flexibility index (Phi) is 0.914. The molecular formula is C10H15NO2. The maximum atomic E-state index is 11.2. The lowest BCUT2D eigenvalue weighted by molar-refractivity contribution is -0.583. The van der Waals surface area contributed by atoms with E-state index < -0.39 is 5.54 Å². The fourth-order valence-electron chi connectivity index (χ4n) is 4.53. The van der Waals surface area contributed by atoms with E-state index in [4.69, 9.17) is 0 Å². The largest absolute Gasteiger partial charge is 0.264 e. The van der Waals surface area contributed by atoms with E-state index in [0.717, 1.165) is 12.8 Å². The molecule has 0 aromatic carbocycles. The van der Waals surface area contributed by atoms with Gasteiger partial charge in [0.15, 0.2) is 0 Å². The summed E-state index contributed by atoms with van der Waals surface area (Å²) < 4.78 is 0. The van der Waals surface area contributed by atoms with Crippen molar-refractivity contribution in [1.82, 2.24) is 0 Å². The first kappa shape index (κ1) is 7.77. The average Bonchev–Trinajstić information content (AvgIpc) is 2.42. The molecule has 0 heterocycles. The second kappa shape index (κ2) is 1.53. The van der Waals surface area contributed by atoms with Gasteiger partial charge in [0.2, 0.25) is 5.54 Å². The van der Waals surface area contributed by atoms with Crippen molar-refractivity contribution in [2.24, 2.45) is 22.7 Å². The Balaban J connectivity index is 2.18. The standard InChI is InChI=1S/C10H15NO2/c1-8(2)9(3)6-4-10(8,11(12)13)5-7(6)9/h6-7H,4-5H2,1-3H3. The van der Waals surface area contributed by atoms with Crippen LogP contribution in [0, 0.1) is 32.8 Å². The highest BCUT2D eigenvalue weighted by Crippen LogP contribution is 2.87. The molecule has 0 aromatic rings. The normalized spacial score (nSPS) is 59.6. The van der Waals surface area contributed by atoms with Crippen LogP contribution in [0.1, 0.15) is 33.6 Å². The predicted octanol–water partition coefficient (Wildman–Crippen LogP) is 2.09. The highest BCUT2D eigenvalue weighted by molar-refractivity contribution is 5.34. The summed E-state index contributed by atoms with van der Waals surface area (Å²) in [5.74, 6) is 1.32. The molecule has 4 saturated carbocycles. The molecule has 4 aliphatic rings. The van der Waals surface area contributed by atoms with Gasteiger partial charge in [-0.2, -0.15) is 0 Å². The lowest BCUT2D eigenvalue weighted by Crippen LogP contribution is -2.46. The molecule has 0 amide bonds. The van der Waals surface area contributed by atoms with Crippen LogP contribution in [0.2, 0.25) is 0 Å². The van der Waals surface area contributed by atoms with Gasteiger partial charge in [-0.05, 0) is 17.3 Å². The van der Waals surface area contributed by atoms with Crippen molar-refractivity contribution in [3.05, 3.63) is 10.1 Å². The summed E-state index contributed by atoms with van der Waals surface area (Å²) in [6.07, 6.45) is 1.68. The highest BCUT2D eigenvalue weighted by Gasteiger charge is 2.91. The van der Waals surface area contributed by atoms with Gasteiger partial charge in [0.25, 0.3) is 0 Å². The first-order valence-electron chi connectivity index (χ1n) is 5.02. The van der Waals surface area contributed by atoms with E-state index in [1.54, 1.807) is 0 Å². The first-order chi connectivity index (χ1) is 5.88. The first-order valence-corrected chi connectivity index (χ1v) is 5.02. The number of hydrogen-bond donors (Lipinski definition) is 0. The smallest absolute Gasteiger partial charge is 0.228 e. The maximum absolute atomic E-state index is 11.2. The molecule has 3 nitrogen and oxygen atoms in total. The maximum Gasteiger partial charge on any atom is 0.228 e. The molecule has 72 valence electrons. The van der Waals surface area contributed by atoms with Crippen LogP contribution in [0.3, 0.4) is 0 Å². The van der Waals surface area contributed by atoms with Crippen molar-refractivity contribution in [2.75, 3.05) is 0 Å². The van der Waals surface area contributed by atoms with Crippen LogP contribution in [-0.2, 0) is 0 Å². The van der Waals surface area contributed by atoms with Crippen molar-refractivity contribution in [2.45, 2.75) is 39.2 Å². The van der Waals surface area contributed by atoms with Gasteiger partial charge in [-0.15, -0.1) is 0 Å². The molecule has 4 aliphatic carbocycles. The summed E-state index contributed by atoms with van der Waals surface area (Å²) in [7, 11) is 0. The van der Waals surface area contributed by atoms with Gasteiger partial charge in [-0.3, -0.25) is 10.1 Å². The fraction of sp³-hybridized carbons (Fsp3) is 1.00. The molecule has 0 spiro atoms. The Morgan fingerprint density at radius 2 is 1.69 bits per heavy atom. The predicted molar refractivity (Wildman–Crippen MR) is 47.8 cm³/mol. The minimum atomic E-state index is -0.572. The number of rotatable bonds is 1. The van der Waals surface area contributed by atoms with Crippen molar-refractivity contribution in [1.29, 1.82) is 0 Å². The van der Waals surface area contributed by atoms with Gasteiger partial charge >= 0.3 is 0 Å². The Morgan fingerprint density at radius 1 is 1.23 bits per heavy atom. The second-order valence-corrected chi connectivity index (χ2v) is 5.82. The molecule has 0 radical (unpaired) electrons. The summed E-state index contributed by atoms with van der Waals surface area (Å²) in [4.78, 5) is 11.2. The molecule has 2 atom stereocenters. The highest BCUT2D eigenvalue weighted by atomic mass is 16.6. The number of nitrogens with zero attached hydrogens (tertiary/aromatic N) is 1. The molecule has 3 heteroatoms. The van der Waals surface area contributed by atoms with Crippen LogP contribution in [0.4, 0.5) is 0 Å². The molecule has 0 saturated heterocycles. The molecule has 0 aromatic heterocycles. The summed E-state index contributed by atoms with van der Waals surface area (Å²) in [6.45, 7) is 6.45. The van der Waals surface area contributed by atoms with Crippen LogP contribution < -0.4 is 0 Å². The zero-order valence-corrected chi connectivity index (χ0v) is 8.33. The third kappa shape index (κ3) is 0.448. The number of nitro groups is 1. The van der Waals surface area contributed by atoms with E-state index in [0.29, 0.717) is 17.3 Å². The molecule has 4 rings (SSSR count). The lowest BCUT2D eigenvalue weighted by Gasteiger charge is -2.32. The molecule has 0 aliphatic heterocycles. The minimum Gasteiger partial charge on any atom is -0.264 e. The third-order valence-electron chi connectivity index (χ3n) is 5.89. The monoisotopic (exact) mass is 181 g/mol. The van der Waals surface area contributed by atoms with Gasteiger partial charge in [0.1, 0.15) is 0 Å². The van der Waals surface area contributed by atoms with Crippen LogP contribution in [0.5, 0.6) is 0 Å². The SMILES string of the molecule is CC12C3CC([N+](=O)[O-])(CC31)C2(C)C. The summed E-state index contributed by atoms with van der Waals surface area (Å²) in [5.41, 5.74) is -0.365. The van der Waals surface area contributed by atoms with Crippen LogP contribution in [0.15, 0.2) is 0 Å². The van der Waals surface area contributed by atoms with Crippen molar-refractivity contribution >= 4 is 0 Å². The average molecular weight is 181 g/mol. The lowest BCUT2D eigenvalue weighted by atomic mass is 9.72. The van der Waals surface area contributed by atoms with Crippen LogP contribution >= 0.6 is 0 Å². The molecule has 4 fully saturated rings. The van der Waals surface area contributed by atoms with Gasteiger partial charge in [-0.1, -0.05) is 20.8 Å². The zero-order chi connectivity index (χ0) is 9.65. The Morgan fingerprint density at radius 3 is 1.85 bits per heavy atom. The molecule has 13 heavy (non-hydrogen) atoms. The van der Waals surface area contributed by atoms with E-state index in [-0.39, 0.29) is 10.3 Å². The van der Waals surface area contributed by atoms with Crippen LogP contribution in [-0.4, -0.2) is 10.5 Å². The third-order valence-corrected chi connectivity index (χ3v) is 5.89. The zero-order valence-electron chi connectivity index (χ0n) is 8.33. The second-order valence-electron chi connectivity index (χ2n) is 5.82. The Hall–Kier alpha value is -0.600. The summed E-state index contributed by atoms with van der Waals surface area (Å²) in [6, 6.07) is 0. The minimum absolute atomic E-state index is 0.0122. The molecule has 4 bridgehead atoms. The van der Waals surface area contributed by atoms with Crippen LogP contribution in [0.25, 0.3) is 0 Å². The van der Waals surface area contributed by atoms with Crippen molar-refractivity contribution in [3.63, 3.8) is 0 Å². The fourth-order valence-corrected chi connectivity index (χ4v) is 4.53. The Bertz CT molecular complexity index is 309. The summed E-state index contributed by atoms with van der Waals surface area (Å²) >= 11 is 0. The van der Waals surface area contributed by atoms with Crippen molar-refractivity contribution in [3.8, 4) is 0 Å². The van der Waals surface area contributed by atoms with Gasteiger partial charge in [0, 0.05) is 23.2 Å². The van der Waals surface area contributed by atoms with Crippen molar-refractivity contribution < 1.29 is 4.92 Å². The van der Waals surface area contributed by atoms with Gasteiger partial charge in [-0.25, -0.2) is 0 Å². The Labute approximate surface area is 77.7 Å². The molecular weight excluding hydrogens is 166 g/mol. The van der Waals surface area contributed by atoms with E-state index >= 15 is 0 Å². The summed E-state index contributed by atoms with van der Waals surface area (Å²) in [5, 5.41) is 11.2. The molecule has 0 N–H and O–H groups in total. The van der Waals surface area contributed by atoms with Gasteiger partial charge in [0.05, 0.1) is 0 Å². The molecule has 2 unspecified atom stereocenters. The van der Waals surface area contributed by atoms with E-state index in [9.17, 15) is 10.1 Å². The number of hydrogen-bond acceptors (Lipinski definition) is 2. The van der Waals surface area contributed by atoms with E-state index in [2.05, 4.69) is 20.8 Å².